The Hall–Kier alpha value is -3.45. The average molecular weight is 430 g/mol. The van der Waals surface area contributed by atoms with E-state index in [0.717, 1.165) is 24.1 Å². The average Bonchev–Trinajstić information content (AvgIpc) is 3.43. The summed E-state index contributed by atoms with van der Waals surface area (Å²) in [5, 5.41) is 0. The Labute approximate surface area is 187 Å². The minimum atomic E-state index is -0.351. The van der Waals surface area contributed by atoms with Gasteiger partial charge in [-0.05, 0) is 24.0 Å². The van der Waals surface area contributed by atoms with Crippen molar-refractivity contribution in [2.75, 3.05) is 25.1 Å². The molecule has 2 atom stereocenters. The number of amides is 2. The Morgan fingerprint density at radius 3 is 2.53 bits per heavy atom. The fraction of sp³-hybridized carbons (Fsp3) is 0.320. The monoisotopic (exact) mass is 429 g/mol. The molecule has 1 aromatic heterocycles. The molecule has 5 rings (SSSR count). The summed E-state index contributed by atoms with van der Waals surface area (Å²) in [6.45, 7) is 3.24. The van der Waals surface area contributed by atoms with Crippen molar-refractivity contribution < 1.29 is 9.53 Å². The van der Waals surface area contributed by atoms with Gasteiger partial charge in [0.1, 0.15) is 17.6 Å². The van der Waals surface area contributed by atoms with Crippen molar-refractivity contribution in [2.45, 2.75) is 31.9 Å². The Bertz CT molecular complexity index is 1130. The highest BCUT2D eigenvalue weighted by molar-refractivity contribution is 6.18. The number of benzene rings is 2. The van der Waals surface area contributed by atoms with Crippen LogP contribution in [-0.4, -0.2) is 53.0 Å². The van der Waals surface area contributed by atoms with Crippen molar-refractivity contribution in [3.8, 4) is 0 Å². The number of aliphatic imine (C=N–C) groups is 1. The van der Waals surface area contributed by atoms with Gasteiger partial charge in [-0.15, -0.1) is 0 Å². The molecule has 1 unspecified atom stereocenters. The number of H-pyrrole nitrogens is 1. The van der Waals surface area contributed by atoms with Gasteiger partial charge < -0.3 is 9.72 Å². The van der Waals surface area contributed by atoms with E-state index in [2.05, 4.69) is 24.0 Å². The molecule has 2 aliphatic heterocycles. The highest BCUT2D eigenvalue weighted by Gasteiger charge is 2.42. The van der Waals surface area contributed by atoms with Crippen LogP contribution in [0, 0.1) is 0 Å². The molecule has 1 N–H and O–H groups in total. The van der Waals surface area contributed by atoms with E-state index in [4.69, 9.17) is 14.7 Å². The maximum Gasteiger partial charge on any atom is 0.331 e. The maximum absolute atomic E-state index is 13.4. The summed E-state index contributed by atoms with van der Waals surface area (Å²) in [6, 6.07) is 20.2. The number of carbonyl (C=O) groups is 1. The summed E-state index contributed by atoms with van der Waals surface area (Å²) >= 11 is 0. The molecule has 0 saturated carbocycles. The normalized spacial score (nSPS) is 18.4. The van der Waals surface area contributed by atoms with Crippen molar-refractivity contribution in [1.29, 1.82) is 0 Å². The summed E-state index contributed by atoms with van der Waals surface area (Å²) in [6.07, 6.45) is 1.28. The third kappa shape index (κ3) is 3.58. The van der Waals surface area contributed by atoms with Crippen LogP contribution in [0.2, 0.25) is 0 Å². The van der Waals surface area contributed by atoms with Crippen LogP contribution in [0.25, 0.3) is 0 Å². The van der Waals surface area contributed by atoms with Gasteiger partial charge >= 0.3 is 6.03 Å². The lowest BCUT2D eigenvalue weighted by Gasteiger charge is -2.32. The summed E-state index contributed by atoms with van der Waals surface area (Å²) in [7, 11) is 1.67. The molecule has 3 aromatic rings. The van der Waals surface area contributed by atoms with Crippen molar-refractivity contribution in [1.82, 2.24) is 14.9 Å². The molecule has 0 saturated heterocycles. The lowest BCUT2D eigenvalue weighted by atomic mass is 10.1. The van der Waals surface area contributed by atoms with Gasteiger partial charge in [0, 0.05) is 13.7 Å². The first-order valence-electron chi connectivity index (χ1n) is 11.1. The zero-order chi connectivity index (χ0) is 22.1. The molecule has 2 amide bonds. The molecular formula is C25H27N5O2. The molecule has 7 heteroatoms. The molecule has 0 aliphatic carbocycles. The van der Waals surface area contributed by atoms with E-state index in [1.807, 2.05) is 48.5 Å². The van der Waals surface area contributed by atoms with Crippen molar-refractivity contribution >= 4 is 17.7 Å². The number of hydrogen-bond donors (Lipinski definition) is 1. The maximum atomic E-state index is 13.4. The zero-order valence-corrected chi connectivity index (χ0v) is 18.4. The SMILES string of the molecule is CCCN1C(=O)N2CC(Cc3ccccc3)N=C2c2[nH]c([C@H](OC)c3ccccc3)nc21. The number of fused-ring (bicyclic) bond motifs is 3. The van der Waals surface area contributed by atoms with Crippen LogP contribution in [0.5, 0.6) is 0 Å². The Balaban J connectivity index is 1.53. The third-order valence-corrected chi connectivity index (χ3v) is 5.95. The molecule has 164 valence electrons. The number of methoxy groups -OCH3 is 1. The van der Waals surface area contributed by atoms with Crippen LogP contribution in [0.3, 0.4) is 0 Å². The molecule has 0 fully saturated rings. The first kappa shape index (κ1) is 20.5. The number of hydrogen-bond acceptors (Lipinski definition) is 4. The molecule has 3 heterocycles. The Kier molecular flexibility index (Phi) is 5.49. The van der Waals surface area contributed by atoms with Crippen molar-refractivity contribution in [3.63, 3.8) is 0 Å². The number of aromatic nitrogens is 2. The van der Waals surface area contributed by atoms with Gasteiger partial charge in [-0.25, -0.2) is 9.78 Å². The number of aromatic amines is 1. The quantitative estimate of drug-likeness (QED) is 0.613. The second kappa shape index (κ2) is 8.59. The fourth-order valence-electron chi connectivity index (χ4n) is 4.50. The number of rotatable bonds is 7. The minimum Gasteiger partial charge on any atom is -0.369 e. The Morgan fingerprint density at radius 2 is 1.84 bits per heavy atom. The van der Waals surface area contributed by atoms with Crippen LogP contribution in [0.4, 0.5) is 10.6 Å². The summed E-state index contributed by atoms with van der Waals surface area (Å²) in [5.74, 6) is 1.99. The first-order chi connectivity index (χ1) is 15.7. The standard InChI is InChI=1S/C25H27N5O2/c1-3-14-29-24-20(27-22(28-24)21(32-2)18-12-8-5-9-13-18)23-26-19(16-30(23)25(29)31)15-17-10-6-4-7-11-17/h4-13,19,21H,3,14-16H2,1-2H3,(H,27,28)/t19?,21-/m1/s1. The molecule has 0 spiro atoms. The second-order valence-corrected chi connectivity index (χ2v) is 8.19. The Morgan fingerprint density at radius 1 is 1.12 bits per heavy atom. The molecule has 0 radical (unpaired) electrons. The molecule has 7 nitrogen and oxygen atoms in total. The summed E-state index contributed by atoms with van der Waals surface area (Å²) in [4.78, 5) is 30.1. The molecular weight excluding hydrogens is 402 g/mol. The lowest BCUT2D eigenvalue weighted by Crippen LogP contribution is -2.50. The molecule has 2 aliphatic rings. The number of ether oxygens (including phenoxy) is 1. The van der Waals surface area contributed by atoms with Gasteiger partial charge in [0.15, 0.2) is 11.7 Å². The van der Waals surface area contributed by atoms with Crippen LogP contribution in [0.15, 0.2) is 65.7 Å². The van der Waals surface area contributed by atoms with Crippen LogP contribution in [-0.2, 0) is 11.2 Å². The predicted octanol–water partition coefficient (Wildman–Crippen LogP) is 4.17. The number of anilines is 1. The lowest BCUT2D eigenvalue weighted by molar-refractivity contribution is 0.130. The van der Waals surface area contributed by atoms with E-state index in [-0.39, 0.29) is 18.2 Å². The molecule has 2 aromatic carbocycles. The van der Waals surface area contributed by atoms with E-state index < -0.39 is 0 Å². The van der Waals surface area contributed by atoms with Crippen molar-refractivity contribution in [3.05, 3.63) is 83.3 Å². The van der Waals surface area contributed by atoms with Gasteiger partial charge in [-0.1, -0.05) is 67.6 Å². The van der Waals surface area contributed by atoms with Gasteiger partial charge in [0.2, 0.25) is 0 Å². The number of amidine groups is 1. The second-order valence-electron chi connectivity index (χ2n) is 8.19. The van der Waals surface area contributed by atoms with Gasteiger partial charge in [-0.2, -0.15) is 0 Å². The van der Waals surface area contributed by atoms with E-state index >= 15 is 0 Å². The van der Waals surface area contributed by atoms with E-state index in [1.54, 1.807) is 16.9 Å². The van der Waals surface area contributed by atoms with E-state index in [0.29, 0.717) is 30.6 Å². The number of nitrogens with one attached hydrogen (secondary N) is 1. The van der Waals surface area contributed by atoms with Crippen LogP contribution >= 0.6 is 0 Å². The van der Waals surface area contributed by atoms with Gasteiger partial charge in [0.05, 0.1) is 12.6 Å². The molecule has 0 bridgehead atoms. The van der Waals surface area contributed by atoms with Crippen LogP contribution < -0.4 is 4.90 Å². The van der Waals surface area contributed by atoms with E-state index in [9.17, 15) is 4.79 Å². The highest BCUT2D eigenvalue weighted by Crippen LogP contribution is 2.34. The van der Waals surface area contributed by atoms with Crippen LogP contribution in [0.1, 0.15) is 42.1 Å². The number of carbonyl (C=O) groups excluding carboxylic acids is 1. The number of imidazole rings is 1. The van der Waals surface area contributed by atoms with E-state index in [1.165, 1.54) is 5.56 Å². The largest absolute Gasteiger partial charge is 0.369 e. The van der Waals surface area contributed by atoms with Gasteiger partial charge in [-0.3, -0.25) is 14.8 Å². The zero-order valence-electron chi connectivity index (χ0n) is 18.4. The topological polar surface area (TPSA) is 73.8 Å². The number of nitrogens with zero attached hydrogens (tertiary/aromatic N) is 4. The summed E-state index contributed by atoms with van der Waals surface area (Å²) < 4.78 is 5.78. The van der Waals surface area contributed by atoms with Crippen molar-refractivity contribution in [2.24, 2.45) is 4.99 Å². The summed E-state index contributed by atoms with van der Waals surface area (Å²) in [5.41, 5.74) is 3.01. The molecule has 32 heavy (non-hydrogen) atoms. The smallest absolute Gasteiger partial charge is 0.331 e. The third-order valence-electron chi connectivity index (χ3n) is 5.95. The predicted molar refractivity (Wildman–Crippen MR) is 124 cm³/mol. The van der Waals surface area contributed by atoms with Gasteiger partial charge in [0.25, 0.3) is 0 Å². The first-order valence-corrected chi connectivity index (χ1v) is 11.1. The number of urea groups is 1. The minimum absolute atomic E-state index is 0.0184. The fourth-order valence-corrected chi connectivity index (χ4v) is 4.50. The highest BCUT2D eigenvalue weighted by atomic mass is 16.5.